The average Bonchev–Trinajstić information content (AvgIpc) is 2.56. The van der Waals surface area contributed by atoms with E-state index in [1.54, 1.807) is 17.0 Å². The quantitative estimate of drug-likeness (QED) is 0.846. The number of amides is 1. The van der Waals surface area contributed by atoms with Crippen LogP contribution in [0.4, 0.5) is 4.39 Å². The van der Waals surface area contributed by atoms with Gasteiger partial charge in [0.15, 0.2) is 0 Å². The Balaban J connectivity index is 0.00000288. The Morgan fingerprint density at radius 1 is 1.08 bits per heavy atom. The molecule has 2 rings (SSSR count). The van der Waals surface area contributed by atoms with E-state index in [1.807, 2.05) is 44.2 Å². The van der Waals surface area contributed by atoms with Crippen molar-refractivity contribution in [3.05, 3.63) is 71.5 Å². The minimum Gasteiger partial charge on any atom is -0.336 e. The van der Waals surface area contributed by atoms with Crippen molar-refractivity contribution in [3.8, 4) is 0 Å². The summed E-state index contributed by atoms with van der Waals surface area (Å²) in [5.74, 6) is -0.276. The lowest BCUT2D eigenvalue weighted by Gasteiger charge is -2.29. The number of carbonyl (C=O) groups excluding carboxylic acids is 1. The van der Waals surface area contributed by atoms with Crippen molar-refractivity contribution in [2.45, 2.75) is 32.4 Å². The maximum atomic E-state index is 13.1. The van der Waals surface area contributed by atoms with Gasteiger partial charge in [-0.25, -0.2) is 4.39 Å². The minimum atomic E-state index is -0.321. The second-order valence-electron chi connectivity index (χ2n) is 5.63. The van der Waals surface area contributed by atoms with Gasteiger partial charge in [-0.15, -0.1) is 12.4 Å². The number of hydrogen-bond acceptors (Lipinski definition) is 2. The molecule has 2 unspecified atom stereocenters. The molecule has 0 aliphatic rings. The molecule has 2 aromatic rings. The van der Waals surface area contributed by atoms with Crippen molar-refractivity contribution in [2.75, 3.05) is 6.54 Å². The molecule has 0 aliphatic carbocycles. The Labute approximate surface area is 149 Å². The molecule has 0 saturated carbocycles. The summed E-state index contributed by atoms with van der Waals surface area (Å²) in [4.78, 5) is 14.4. The van der Waals surface area contributed by atoms with Gasteiger partial charge in [-0.1, -0.05) is 42.5 Å². The van der Waals surface area contributed by atoms with Crippen molar-refractivity contribution in [2.24, 2.45) is 5.73 Å². The maximum Gasteiger partial charge on any atom is 0.224 e. The summed E-state index contributed by atoms with van der Waals surface area (Å²) in [5, 5.41) is 0. The molecule has 130 valence electrons. The molecule has 0 aromatic heterocycles. The van der Waals surface area contributed by atoms with Gasteiger partial charge < -0.3 is 10.6 Å². The Kier molecular flexibility index (Phi) is 7.89. The Morgan fingerprint density at radius 3 is 2.21 bits per heavy atom. The number of rotatable bonds is 6. The zero-order valence-corrected chi connectivity index (χ0v) is 14.8. The lowest BCUT2D eigenvalue weighted by Crippen LogP contribution is -2.35. The van der Waals surface area contributed by atoms with Gasteiger partial charge >= 0.3 is 0 Å². The number of halogens is 2. The number of benzene rings is 2. The number of hydrogen-bond donors (Lipinski definition) is 1. The molecule has 24 heavy (non-hydrogen) atoms. The summed E-state index contributed by atoms with van der Waals surface area (Å²) in [6, 6.07) is 15.4. The summed E-state index contributed by atoms with van der Waals surface area (Å²) >= 11 is 0. The molecule has 2 atom stereocenters. The first kappa shape index (κ1) is 20.1. The van der Waals surface area contributed by atoms with Gasteiger partial charge in [0.25, 0.3) is 0 Å². The zero-order chi connectivity index (χ0) is 16.8. The summed E-state index contributed by atoms with van der Waals surface area (Å²) in [5.41, 5.74) is 8.01. The third-order valence-electron chi connectivity index (χ3n) is 4.10. The summed E-state index contributed by atoms with van der Waals surface area (Å²) in [6.07, 6.45) is 0.253. The molecule has 0 spiro atoms. The van der Waals surface area contributed by atoms with E-state index in [0.29, 0.717) is 6.54 Å². The Morgan fingerprint density at radius 2 is 1.67 bits per heavy atom. The first-order valence-corrected chi connectivity index (χ1v) is 7.88. The highest BCUT2D eigenvalue weighted by Gasteiger charge is 2.22. The van der Waals surface area contributed by atoms with Crippen molar-refractivity contribution in [1.29, 1.82) is 0 Å². The molecule has 5 heteroatoms. The van der Waals surface area contributed by atoms with Crippen LogP contribution in [0.1, 0.15) is 43.5 Å². The lowest BCUT2D eigenvalue weighted by molar-refractivity contribution is -0.133. The SMILES string of the molecule is CCN(C(=O)CC(N)c1ccccc1)C(C)c1ccc(F)cc1.Cl. The van der Waals surface area contributed by atoms with E-state index >= 15 is 0 Å². The normalized spacial score (nSPS) is 12.8. The van der Waals surface area contributed by atoms with E-state index in [2.05, 4.69) is 0 Å². The van der Waals surface area contributed by atoms with Gasteiger partial charge in [-0.2, -0.15) is 0 Å². The number of carbonyl (C=O) groups is 1. The highest BCUT2D eigenvalue weighted by molar-refractivity contribution is 5.85. The smallest absolute Gasteiger partial charge is 0.224 e. The maximum absolute atomic E-state index is 13.1. The summed E-state index contributed by atoms with van der Waals surface area (Å²) in [7, 11) is 0. The van der Waals surface area contributed by atoms with Crippen LogP contribution in [-0.4, -0.2) is 17.4 Å². The van der Waals surface area contributed by atoms with Crippen LogP contribution in [0, 0.1) is 5.82 Å². The Hall–Kier alpha value is -1.91. The zero-order valence-electron chi connectivity index (χ0n) is 14.0. The largest absolute Gasteiger partial charge is 0.336 e. The summed E-state index contributed by atoms with van der Waals surface area (Å²) < 4.78 is 13.1. The molecule has 2 N–H and O–H groups in total. The van der Waals surface area contributed by atoms with Crippen molar-refractivity contribution in [1.82, 2.24) is 4.90 Å². The van der Waals surface area contributed by atoms with Crippen LogP contribution in [0.25, 0.3) is 0 Å². The fourth-order valence-electron chi connectivity index (χ4n) is 2.71. The molecule has 2 aromatic carbocycles. The van der Waals surface area contributed by atoms with Gasteiger partial charge in [-0.05, 0) is 37.1 Å². The van der Waals surface area contributed by atoms with Crippen LogP contribution < -0.4 is 5.73 Å². The van der Waals surface area contributed by atoms with Crippen LogP contribution in [0.5, 0.6) is 0 Å². The molecular formula is C19H24ClFN2O. The van der Waals surface area contributed by atoms with Gasteiger partial charge in [0.2, 0.25) is 5.91 Å². The first-order chi connectivity index (χ1) is 11.0. The minimum absolute atomic E-state index is 0. The topological polar surface area (TPSA) is 46.3 Å². The third kappa shape index (κ3) is 5.05. The summed E-state index contributed by atoms with van der Waals surface area (Å²) in [6.45, 7) is 4.47. The number of nitrogens with zero attached hydrogens (tertiary/aromatic N) is 1. The molecule has 0 aliphatic heterocycles. The first-order valence-electron chi connectivity index (χ1n) is 7.88. The predicted molar refractivity (Wildman–Crippen MR) is 97.4 cm³/mol. The van der Waals surface area contributed by atoms with E-state index in [-0.39, 0.29) is 42.6 Å². The second kappa shape index (κ2) is 9.40. The lowest BCUT2D eigenvalue weighted by atomic mass is 10.0. The molecular weight excluding hydrogens is 327 g/mol. The highest BCUT2D eigenvalue weighted by Crippen LogP contribution is 2.23. The van der Waals surface area contributed by atoms with E-state index in [1.165, 1.54) is 12.1 Å². The number of nitrogens with two attached hydrogens (primary N) is 1. The van der Waals surface area contributed by atoms with Gasteiger partial charge in [0.05, 0.1) is 6.04 Å². The van der Waals surface area contributed by atoms with Crippen LogP contribution in [0.15, 0.2) is 54.6 Å². The molecule has 0 fully saturated rings. The van der Waals surface area contributed by atoms with Crippen molar-refractivity contribution >= 4 is 18.3 Å². The fraction of sp³-hybridized carbons (Fsp3) is 0.316. The van der Waals surface area contributed by atoms with E-state index in [4.69, 9.17) is 5.73 Å². The molecule has 3 nitrogen and oxygen atoms in total. The van der Waals surface area contributed by atoms with Gasteiger partial charge in [0, 0.05) is 19.0 Å². The molecule has 0 heterocycles. The average molecular weight is 351 g/mol. The Bertz CT molecular complexity index is 634. The van der Waals surface area contributed by atoms with Crippen LogP contribution in [0.3, 0.4) is 0 Å². The fourth-order valence-corrected chi connectivity index (χ4v) is 2.71. The molecule has 0 bridgehead atoms. The second-order valence-corrected chi connectivity index (χ2v) is 5.63. The molecule has 1 amide bonds. The van der Waals surface area contributed by atoms with Gasteiger partial charge in [0.1, 0.15) is 5.82 Å². The predicted octanol–water partition coefficient (Wildman–Crippen LogP) is 4.25. The van der Waals surface area contributed by atoms with Crippen molar-refractivity contribution < 1.29 is 9.18 Å². The van der Waals surface area contributed by atoms with E-state index in [0.717, 1.165) is 11.1 Å². The van der Waals surface area contributed by atoms with Crippen LogP contribution in [-0.2, 0) is 4.79 Å². The van der Waals surface area contributed by atoms with Gasteiger partial charge in [-0.3, -0.25) is 4.79 Å². The highest BCUT2D eigenvalue weighted by atomic mass is 35.5. The standard InChI is InChI=1S/C19H23FN2O.ClH/c1-3-22(14(2)15-9-11-17(20)12-10-15)19(23)13-18(21)16-7-5-4-6-8-16;/h4-12,14,18H,3,13,21H2,1-2H3;1H. The van der Waals surface area contributed by atoms with Crippen LogP contribution in [0.2, 0.25) is 0 Å². The van der Waals surface area contributed by atoms with E-state index in [9.17, 15) is 9.18 Å². The van der Waals surface area contributed by atoms with Crippen LogP contribution >= 0.6 is 12.4 Å². The monoisotopic (exact) mass is 350 g/mol. The van der Waals surface area contributed by atoms with E-state index < -0.39 is 0 Å². The van der Waals surface area contributed by atoms with Crippen molar-refractivity contribution in [3.63, 3.8) is 0 Å². The molecule has 0 saturated heterocycles. The third-order valence-corrected chi connectivity index (χ3v) is 4.10. The molecule has 0 radical (unpaired) electrons.